The number of halogens is 1. The highest BCUT2D eigenvalue weighted by molar-refractivity contribution is 14.1. The third-order valence-electron chi connectivity index (χ3n) is 3.02. The second-order valence-electron chi connectivity index (χ2n) is 3.52. The molecule has 0 aromatic rings. The van der Waals surface area contributed by atoms with E-state index in [0.29, 0.717) is 0 Å². The van der Waals surface area contributed by atoms with E-state index in [4.69, 9.17) is 0 Å². The largest absolute Gasteiger partial charge is 0.0786 e. The van der Waals surface area contributed by atoms with E-state index >= 15 is 0 Å². The Morgan fingerprint density at radius 2 is 1.67 bits per heavy atom. The first-order valence-corrected chi connectivity index (χ1v) is 5.08. The third-order valence-corrected chi connectivity index (χ3v) is 4.98. The van der Waals surface area contributed by atoms with Crippen LogP contribution < -0.4 is 0 Å². The summed E-state index contributed by atoms with van der Waals surface area (Å²) in [6.07, 6.45) is 9.10. The predicted octanol–water partition coefficient (Wildman–Crippen LogP) is 3.14. The lowest BCUT2D eigenvalue weighted by molar-refractivity contribution is 0.523. The van der Waals surface area contributed by atoms with Gasteiger partial charge in [-0.2, -0.15) is 0 Å². The van der Waals surface area contributed by atoms with E-state index in [2.05, 4.69) is 22.6 Å². The average molecular weight is 236 g/mol. The fraction of sp³-hybridized carbons (Fsp3) is 1.00. The molecule has 1 heteroatoms. The molecule has 0 spiro atoms. The molecule has 0 nitrogen and oxygen atoms in total. The van der Waals surface area contributed by atoms with Crippen molar-refractivity contribution in [1.82, 2.24) is 0 Å². The minimum Gasteiger partial charge on any atom is -0.0786 e. The Bertz CT molecular complexity index is 110. The Kier molecular flexibility index (Phi) is 1.51. The molecule has 2 saturated carbocycles. The van der Waals surface area contributed by atoms with Crippen LogP contribution in [0.3, 0.4) is 0 Å². The fourth-order valence-electron chi connectivity index (χ4n) is 2.48. The second kappa shape index (κ2) is 2.11. The van der Waals surface area contributed by atoms with Crippen LogP contribution in [-0.4, -0.2) is 3.42 Å². The molecule has 0 N–H and O–H groups in total. The molecule has 0 atom stereocenters. The molecule has 0 aliphatic heterocycles. The van der Waals surface area contributed by atoms with E-state index in [0.717, 1.165) is 9.34 Å². The van der Waals surface area contributed by atoms with Crippen molar-refractivity contribution in [2.24, 2.45) is 5.92 Å². The molecule has 0 bridgehead atoms. The molecular weight excluding hydrogens is 223 g/mol. The summed E-state index contributed by atoms with van der Waals surface area (Å²) in [7, 11) is 0. The lowest BCUT2D eigenvalue weighted by Gasteiger charge is -2.20. The molecule has 2 fully saturated rings. The predicted molar refractivity (Wildman–Crippen MR) is 47.9 cm³/mol. The van der Waals surface area contributed by atoms with Crippen LogP contribution in [0.4, 0.5) is 0 Å². The van der Waals surface area contributed by atoms with Gasteiger partial charge in [0.05, 0.1) is 0 Å². The van der Waals surface area contributed by atoms with Crippen LogP contribution in [0.2, 0.25) is 0 Å². The van der Waals surface area contributed by atoms with Crippen LogP contribution in [0, 0.1) is 5.92 Å². The zero-order chi connectivity index (χ0) is 6.32. The van der Waals surface area contributed by atoms with Gasteiger partial charge in [-0.1, -0.05) is 35.4 Å². The second-order valence-corrected chi connectivity index (χ2v) is 5.66. The van der Waals surface area contributed by atoms with Gasteiger partial charge in [0.25, 0.3) is 0 Å². The zero-order valence-corrected chi connectivity index (χ0v) is 7.86. The SMILES string of the molecule is IC12CCCC1CCC2. The highest BCUT2D eigenvalue weighted by Crippen LogP contribution is 2.53. The molecule has 0 aromatic heterocycles. The van der Waals surface area contributed by atoms with Crippen LogP contribution in [0.25, 0.3) is 0 Å². The van der Waals surface area contributed by atoms with Gasteiger partial charge in [0.15, 0.2) is 0 Å². The van der Waals surface area contributed by atoms with Crippen molar-refractivity contribution in [3.8, 4) is 0 Å². The van der Waals surface area contributed by atoms with Gasteiger partial charge in [-0.3, -0.25) is 0 Å². The highest BCUT2D eigenvalue weighted by Gasteiger charge is 2.43. The maximum Gasteiger partial charge on any atom is 0.0250 e. The molecule has 2 aliphatic carbocycles. The van der Waals surface area contributed by atoms with Crippen molar-refractivity contribution in [1.29, 1.82) is 0 Å². The third kappa shape index (κ3) is 0.920. The van der Waals surface area contributed by atoms with Gasteiger partial charge in [0, 0.05) is 3.42 Å². The van der Waals surface area contributed by atoms with Crippen LogP contribution in [-0.2, 0) is 0 Å². The monoisotopic (exact) mass is 236 g/mol. The highest BCUT2D eigenvalue weighted by atomic mass is 127. The normalized spacial score (nSPS) is 49.7. The lowest BCUT2D eigenvalue weighted by Crippen LogP contribution is -2.17. The Hall–Kier alpha value is 0.730. The number of hydrogen-bond acceptors (Lipinski definition) is 0. The van der Waals surface area contributed by atoms with Crippen molar-refractivity contribution in [2.75, 3.05) is 0 Å². The molecule has 52 valence electrons. The Morgan fingerprint density at radius 1 is 1.11 bits per heavy atom. The van der Waals surface area contributed by atoms with E-state index in [1.54, 1.807) is 0 Å². The minimum atomic E-state index is 0.776. The summed E-state index contributed by atoms with van der Waals surface area (Å²) in [6.45, 7) is 0. The first-order chi connectivity index (χ1) is 4.31. The molecule has 0 saturated heterocycles. The van der Waals surface area contributed by atoms with Gasteiger partial charge < -0.3 is 0 Å². The van der Waals surface area contributed by atoms with Crippen molar-refractivity contribution in [3.63, 3.8) is 0 Å². The van der Waals surface area contributed by atoms with Gasteiger partial charge in [0.2, 0.25) is 0 Å². The number of rotatable bonds is 0. The molecule has 0 amide bonds. The van der Waals surface area contributed by atoms with Crippen molar-refractivity contribution >= 4 is 22.6 Å². The molecule has 9 heavy (non-hydrogen) atoms. The molecule has 2 rings (SSSR count). The standard InChI is InChI=1S/C8H13I/c9-8-5-1-3-7(8)4-2-6-8/h7H,1-6H2. The topological polar surface area (TPSA) is 0 Å². The smallest absolute Gasteiger partial charge is 0.0250 e. The Morgan fingerprint density at radius 3 is 2.11 bits per heavy atom. The molecule has 2 aliphatic rings. The molecule has 0 radical (unpaired) electrons. The summed E-state index contributed by atoms with van der Waals surface area (Å²) in [5.41, 5.74) is 0. The molecule has 0 unspecified atom stereocenters. The average Bonchev–Trinajstić information content (AvgIpc) is 2.22. The van der Waals surface area contributed by atoms with Crippen LogP contribution >= 0.6 is 22.6 Å². The minimum absolute atomic E-state index is 0.776. The summed E-state index contributed by atoms with van der Waals surface area (Å²) in [5.74, 6) is 1.11. The maximum absolute atomic E-state index is 2.72. The molecular formula is C8H13I. The summed E-state index contributed by atoms with van der Waals surface area (Å²) < 4.78 is 0.776. The van der Waals surface area contributed by atoms with E-state index < -0.39 is 0 Å². The first-order valence-electron chi connectivity index (χ1n) is 4.00. The lowest BCUT2D eigenvalue weighted by atomic mass is 10.0. The van der Waals surface area contributed by atoms with E-state index in [1.165, 1.54) is 38.5 Å². The summed E-state index contributed by atoms with van der Waals surface area (Å²) in [6, 6.07) is 0. The van der Waals surface area contributed by atoms with Crippen molar-refractivity contribution in [2.45, 2.75) is 41.9 Å². The molecule has 0 heterocycles. The van der Waals surface area contributed by atoms with Crippen LogP contribution in [0.15, 0.2) is 0 Å². The Balaban J connectivity index is 2.17. The van der Waals surface area contributed by atoms with E-state index in [-0.39, 0.29) is 0 Å². The van der Waals surface area contributed by atoms with Gasteiger partial charge >= 0.3 is 0 Å². The first kappa shape index (κ1) is 6.44. The molecule has 0 aromatic carbocycles. The number of fused-ring (bicyclic) bond motifs is 1. The fourth-order valence-corrected chi connectivity index (χ4v) is 3.87. The summed E-state index contributed by atoms with van der Waals surface area (Å²) in [5, 5.41) is 0. The number of alkyl halides is 1. The van der Waals surface area contributed by atoms with Gasteiger partial charge in [-0.05, 0) is 31.6 Å². The van der Waals surface area contributed by atoms with E-state index in [1.807, 2.05) is 0 Å². The zero-order valence-electron chi connectivity index (χ0n) is 5.70. The van der Waals surface area contributed by atoms with Crippen molar-refractivity contribution in [3.05, 3.63) is 0 Å². The van der Waals surface area contributed by atoms with Gasteiger partial charge in [-0.15, -0.1) is 0 Å². The number of hydrogen-bond donors (Lipinski definition) is 0. The van der Waals surface area contributed by atoms with Crippen molar-refractivity contribution < 1.29 is 0 Å². The quantitative estimate of drug-likeness (QED) is 0.447. The van der Waals surface area contributed by atoms with E-state index in [9.17, 15) is 0 Å². The summed E-state index contributed by atoms with van der Waals surface area (Å²) >= 11 is 2.72. The maximum atomic E-state index is 2.72. The van der Waals surface area contributed by atoms with Crippen LogP contribution in [0.5, 0.6) is 0 Å². The van der Waals surface area contributed by atoms with Crippen LogP contribution in [0.1, 0.15) is 38.5 Å². The summed E-state index contributed by atoms with van der Waals surface area (Å²) in [4.78, 5) is 0. The Labute approximate surface area is 70.5 Å². The van der Waals surface area contributed by atoms with Gasteiger partial charge in [-0.25, -0.2) is 0 Å². The van der Waals surface area contributed by atoms with Gasteiger partial charge in [0.1, 0.15) is 0 Å².